The molecule has 0 unspecified atom stereocenters. The van der Waals surface area contributed by atoms with Crippen LogP contribution in [0, 0.1) is 5.82 Å². The molecular formula is C12H14FNO4S. The van der Waals surface area contributed by atoms with Gasteiger partial charge in [-0.1, -0.05) is 6.42 Å². The predicted molar refractivity (Wildman–Crippen MR) is 66.0 cm³/mol. The molecule has 1 N–H and O–H groups in total. The molecule has 1 fully saturated rings. The minimum Gasteiger partial charge on any atom is -0.478 e. The van der Waals surface area contributed by atoms with Crippen molar-refractivity contribution in [3.05, 3.63) is 29.6 Å². The van der Waals surface area contributed by atoms with Crippen LogP contribution in [0.15, 0.2) is 23.1 Å². The van der Waals surface area contributed by atoms with Crippen LogP contribution in [0.4, 0.5) is 4.39 Å². The van der Waals surface area contributed by atoms with E-state index in [4.69, 9.17) is 5.11 Å². The van der Waals surface area contributed by atoms with Crippen molar-refractivity contribution in [2.24, 2.45) is 0 Å². The molecule has 0 saturated carbocycles. The van der Waals surface area contributed by atoms with Crippen molar-refractivity contribution in [2.75, 3.05) is 13.1 Å². The Morgan fingerprint density at radius 2 is 1.84 bits per heavy atom. The fraction of sp³-hybridized carbons (Fsp3) is 0.417. The maximum absolute atomic E-state index is 13.8. The molecule has 1 aliphatic heterocycles. The lowest BCUT2D eigenvalue weighted by Crippen LogP contribution is -2.36. The van der Waals surface area contributed by atoms with Gasteiger partial charge in [0.1, 0.15) is 10.7 Å². The summed E-state index contributed by atoms with van der Waals surface area (Å²) in [6.45, 7) is 0.755. The molecule has 0 bridgehead atoms. The molecule has 1 aliphatic rings. The van der Waals surface area contributed by atoms with Gasteiger partial charge in [-0.05, 0) is 31.0 Å². The van der Waals surface area contributed by atoms with Gasteiger partial charge in [-0.3, -0.25) is 0 Å². The van der Waals surface area contributed by atoms with E-state index in [1.807, 2.05) is 0 Å². The van der Waals surface area contributed by atoms with Crippen LogP contribution in [-0.2, 0) is 10.0 Å². The molecule has 2 rings (SSSR count). The Kier molecular flexibility index (Phi) is 3.86. The van der Waals surface area contributed by atoms with E-state index in [-0.39, 0.29) is 5.56 Å². The van der Waals surface area contributed by atoms with Gasteiger partial charge in [-0.2, -0.15) is 4.31 Å². The summed E-state index contributed by atoms with van der Waals surface area (Å²) in [6, 6.07) is 2.85. The van der Waals surface area contributed by atoms with Gasteiger partial charge in [0.25, 0.3) is 0 Å². The van der Waals surface area contributed by atoms with E-state index in [0.717, 1.165) is 37.5 Å². The molecule has 0 radical (unpaired) electrons. The van der Waals surface area contributed by atoms with Crippen LogP contribution in [0.2, 0.25) is 0 Å². The summed E-state index contributed by atoms with van der Waals surface area (Å²) in [6.07, 6.45) is 2.48. The highest BCUT2D eigenvalue weighted by atomic mass is 32.2. The van der Waals surface area contributed by atoms with Gasteiger partial charge in [0, 0.05) is 13.1 Å². The van der Waals surface area contributed by atoms with E-state index in [9.17, 15) is 17.6 Å². The van der Waals surface area contributed by atoms with Gasteiger partial charge < -0.3 is 5.11 Å². The van der Waals surface area contributed by atoms with Gasteiger partial charge in [-0.15, -0.1) is 0 Å². The maximum atomic E-state index is 13.8. The average Bonchev–Trinajstić information content (AvgIpc) is 2.39. The largest absolute Gasteiger partial charge is 0.478 e. The zero-order chi connectivity index (χ0) is 14.0. The number of hydrogen-bond acceptors (Lipinski definition) is 3. The van der Waals surface area contributed by atoms with E-state index in [0.29, 0.717) is 13.1 Å². The average molecular weight is 287 g/mol. The monoisotopic (exact) mass is 287 g/mol. The minimum atomic E-state index is -3.87. The van der Waals surface area contributed by atoms with E-state index in [1.165, 1.54) is 4.31 Å². The molecule has 19 heavy (non-hydrogen) atoms. The summed E-state index contributed by atoms with van der Waals surface area (Å²) in [5, 5.41) is 8.73. The summed E-state index contributed by atoms with van der Waals surface area (Å²) in [7, 11) is -3.87. The predicted octanol–water partition coefficient (Wildman–Crippen LogP) is 1.70. The molecule has 7 heteroatoms. The number of hydrogen-bond donors (Lipinski definition) is 1. The Morgan fingerprint density at radius 1 is 1.21 bits per heavy atom. The van der Waals surface area contributed by atoms with Gasteiger partial charge >= 0.3 is 5.97 Å². The van der Waals surface area contributed by atoms with Gasteiger partial charge in [0.15, 0.2) is 0 Å². The second kappa shape index (κ2) is 5.26. The second-order valence-electron chi connectivity index (χ2n) is 4.42. The smallest absolute Gasteiger partial charge is 0.335 e. The lowest BCUT2D eigenvalue weighted by atomic mass is 10.2. The molecule has 1 saturated heterocycles. The first-order chi connectivity index (χ1) is 8.93. The number of piperidine rings is 1. The molecule has 1 heterocycles. The van der Waals surface area contributed by atoms with E-state index < -0.39 is 26.7 Å². The van der Waals surface area contributed by atoms with Crippen LogP contribution < -0.4 is 0 Å². The number of sulfonamides is 1. The van der Waals surface area contributed by atoms with Crippen molar-refractivity contribution in [2.45, 2.75) is 24.2 Å². The van der Waals surface area contributed by atoms with Crippen LogP contribution in [0.5, 0.6) is 0 Å². The number of aromatic carboxylic acids is 1. The first kappa shape index (κ1) is 14.0. The van der Waals surface area contributed by atoms with Crippen LogP contribution in [0.25, 0.3) is 0 Å². The zero-order valence-electron chi connectivity index (χ0n) is 10.2. The third kappa shape index (κ3) is 2.76. The van der Waals surface area contributed by atoms with Crippen molar-refractivity contribution < 1.29 is 22.7 Å². The maximum Gasteiger partial charge on any atom is 0.335 e. The van der Waals surface area contributed by atoms with Gasteiger partial charge in [0.05, 0.1) is 5.56 Å². The number of nitrogens with zero attached hydrogens (tertiary/aromatic N) is 1. The number of carbonyl (C=O) groups is 1. The van der Waals surface area contributed by atoms with E-state index in [2.05, 4.69) is 0 Å². The molecule has 1 aromatic rings. The normalized spacial score (nSPS) is 17.3. The van der Waals surface area contributed by atoms with Gasteiger partial charge in [-0.25, -0.2) is 17.6 Å². The standard InChI is InChI=1S/C12H14FNO4S/c13-10-8-9(12(15)16)4-5-11(10)19(17,18)14-6-2-1-3-7-14/h4-5,8H,1-3,6-7H2,(H,15,16). The molecule has 0 spiro atoms. The highest BCUT2D eigenvalue weighted by Gasteiger charge is 2.28. The van der Waals surface area contributed by atoms with Crippen molar-refractivity contribution in [3.8, 4) is 0 Å². The van der Waals surface area contributed by atoms with Crippen molar-refractivity contribution in [1.29, 1.82) is 0 Å². The lowest BCUT2D eigenvalue weighted by Gasteiger charge is -2.26. The molecule has 0 aromatic heterocycles. The van der Waals surface area contributed by atoms with Crippen LogP contribution in [-0.4, -0.2) is 36.9 Å². The summed E-state index contributed by atoms with van der Waals surface area (Å²) < 4.78 is 39.5. The Balaban J connectivity index is 2.37. The van der Waals surface area contributed by atoms with Crippen molar-refractivity contribution >= 4 is 16.0 Å². The first-order valence-electron chi connectivity index (χ1n) is 5.96. The van der Waals surface area contributed by atoms with Crippen LogP contribution >= 0.6 is 0 Å². The summed E-state index contributed by atoms with van der Waals surface area (Å²) in [4.78, 5) is 10.2. The Bertz CT molecular complexity index is 594. The van der Waals surface area contributed by atoms with Crippen molar-refractivity contribution in [1.82, 2.24) is 4.31 Å². The van der Waals surface area contributed by atoms with E-state index in [1.54, 1.807) is 0 Å². The fourth-order valence-corrected chi connectivity index (χ4v) is 3.65. The fourth-order valence-electron chi connectivity index (χ4n) is 2.09. The Morgan fingerprint density at radius 3 is 2.37 bits per heavy atom. The van der Waals surface area contributed by atoms with Gasteiger partial charge in [0.2, 0.25) is 10.0 Å². The molecule has 0 atom stereocenters. The topological polar surface area (TPSA) is 74.7 Å². The van der Waals surface area contributed by atoms with Crippen molar-refractivity contribution in [3.63, 3.8) is 0 Å². The third-order valence-corrected chi connectivity index (χ3v) is 5.04. The molecule has 5 nitrogen and oxygen atoms in total. The molecule has 104 valence electrons. The number of benzene rings is 1. The Hall–Kier alpha value is -1.47. The quantitative estimate of drug-likeness (QED) is 0.918. The SMILES string of the molecule is O=C(O)c1ccc(S(=O)(=O)N2CCCCC2)c(F)c1. The highest BCUT2D eigenvalue weighted by molar-refractivity contribution is 7.89. The number of carboxylic acids is 1. The summed E-state index contributed by atoms with van der Waals surface area (Å²) in [5.41, 5.74) is -0.268. The third-order valence-electron chi connectivity index (χ3n) is 3.11. The summed E-state index contributed by atoms with van der Waals surface area (Å²) in [5.74, 6) is -2.31. The van der Waals surface area contributed by atoms with Crippen LogP contribution in [0.3, 0.4) is 0 Å². The van der Waals surface area contributed by atoms with Crippen LogP contribution in [0.1, 0.15) is 29.6 Å². The highest BCUT2D eigenvalue weighted by Crippen LogP contribution is 2.23. The number of halogens is 1. The van der Waals surface area contributed by atoms with E-state index >= 15 is 0 Å². The molecular weight excluding hydrogens is 273 g/mol. The second-order valence-corrected chi connectivity index (χ2v) is 6.32. The lowest BCUT2D eigenvalue weighted by molar-refractivity contribution is 0.0696. The number of carboxylic acid groups (broad SMARTS) is 1. The number of rotatable bonds is 3. The summed E-state index contributed by atoms with van der Waals surface area (Å²) >= 11 is 0. The molecule has 0 amide bonds. The zero-order valence-corrected chi connectivity index (χ0v) is 11.0. The molecule has 1 aromatic carbocycles. The first-order valence-corrected chi connectivity index (χ1v) is 7.40. The Labute approximate surface area is 110 Å². The molecule has 0 aliphatic carbocycles. The minimum absolute atomic E-state index is 0.268.